The number of hydrogen-bond acceptors (Lipinski definition) is 3. The minimum atomic E-state index is -3.78. The summed E-state index contributed by atoms with van der Waals surface area (Å²) in [6.45, 7) is 1.91. The zero-order valence-electron chi connectivity index (χ0n) is 11.0. The molecular formula is C13H14N2O4S. The fourth-order valence-corrected chi connectivity index (χ4v) is 2.89. The van der Waals surface area contributed by atoms with Gasteiger partial charge in [-0.25, -0.2) is 13.2 Å². The molecule has 1 heterocycles. The molecule has 20 heavy (non-hydrogen) atoms. The molecule has 0 saturated carbocycles. The van der Waals surface area contributed by atoms with Crippen LogP contribution < -0.4 is 4.31 Å². The molecule has 0 amide bonds. The maximum Gasteiger partial charge on any atom is 0.352 e. The van der Waals surface area contributed by atoms with E-state index in [0.717, 1.165) is 15.9 Å². The summed E-state index contributed by atoms with van der Waals surface area (Å²) in [5.41, 5.74) is 1.36. The van der Waals surface area contributed by atoms with Crippen LogP contribution in [0, 0.1) is 6.92 Å². The molecule has 0 aliphatic carbocycles. The third-order valence-electron chi connectivity index (χ3n) is 2.94. The van der Waals surface area contributed by atoms with Gasteiger partial charge >= 0.3 is 5.97 Å². The molecule has 2 aromatic rings. The molecule has 0 aliphatic rings. The van der Waals surface area contributed by atoms with Crippen LogP contribution in [0.2, 0.25) is 0 Å². The zero-order valence-corrected chi connectivity index (χ0v) is 11.8. The second-order valence-corrected chi connectivity index (χ2v) is 6.33. The second-order valence-electron chi connectivity index (χ2n) is 4.36. The highest BCUT2D eigenvalue weighted by Crippen LogP contribution is 2.22. The van der Waals surface area contributed by atoms with Gasteiger partial charge in [-0.05, 0) is 25.1 Å². The van der Waals surface area contributed by atoms with Crippen LogP contribution in [0.4, 0.5) is 5.69 Å². The van der Waals surface area contributed by atoms with Gasteiger partial charge in [0.1, 0.15) is 10.6 Å². The summed E-state index contributed by atoms with van der Waals surface area (Å²) in [5.74, 6) is -1.20. The lowest BCUT2D eigenvalue weighted by molar-refractivity contribution is 0.0691. The summed E-state index contributed by atoms with van der Waals surface area (Å²) in [5, 5.41) is 8.81. The predicted molar refractivity (Wildman–Crippen MR) is 74.5 cm³/mol. The van der Waals surface area contributed by atoms with E-state index in [2.05, 4.69) is 4.98 Å². The van der Waals surface area contributed by atoms with Crippen molar-refractivity contribution < 1.29 is 18.3 Å². The van der Waals surface area contributed by atoms with Gasteiger partial charge in [-0.2, -0.15) is 0 Å². The predicted octanol–water partition coefficient (Wildman–Crippen LogP) is 1.85. The number of carboxylic acid groups (broad SMARTS) is 1. The largest absolute Gasteiger partial charge is 0.477 e. The number of nitrogens with one attached hydrogen (secondary N) is 1. The van der Waals surface area contributed by atoms with Gasteiger partial charge in [0.2, 0.25) is 0 Å². The van der Waals surface area contributed by atoms with Crippen LogP contribution >= 0.6 is 0 Å². The first-order chi connectivity index (χ1) is 9.32. The monoisotopic (exact) mass is 294 g/mol. The average Bonchev–Trinajstić information content (AvgIpc) is 2.89. The Morgan fingerprint density at radius 1 is 1.25 bits per heavy atom. The van der Waals surface area contributed by atoms with Gasteiger partial charge in [-0.15, -0.1) is 0 Å². The Morgan fingerprint density at radius 3 is 2.35 bits per heavy atom. The van der Waals surface area contributed by atoms with Gasteiger partial charge in [0.05, 0.1) is 5.69 Å². The quantitative estimate of drug-likeness (QED) is 0.900. The number of H-pyrrole nitrogens is 1. The number of carboxylic acids is 1. The molecule has 0 radical (unpaired) electrons. The highest BCUT2D eigenvalue weighted by molar-refractivity contribution is 7.92. The van der Waals surface area contributed by atoms with E-state index in [-0.39, 0.29) is 10.6 Å². The van der Waals surface area contributed by atoms with Gasteiger partial charge < -0.3 is 10.1 Å². The Kier molecular flexibility index (Phi) is 3.54. The van der Waals surface area contributed by atoms with Crippen molar-refractivity contribution in [1.29, 1.82) is 0 Å². The summed E-state index contributed by atoms with van der Waals surface area (Å²) >= 11 is 0. The van der Waals surface area contributed by atoms with Gasteiger partial charge in [0.15, 0.2) is 0 Å². The van der Waals surface area contributed by atoms with Gasteiger partial charge in [-0.3, -0.25) is 4.31 Å². The molecule has 0 spiro atoms. The number of nitrogens with zero attached hydrogens (tertiary/aromatic N) is 1. The third-order valence-corrected chi connectivity index (χ3v) is 4.71. The average molecular weight is 294 g/mol. The van der Waals surface area contributed by atoms with Crippen LogP contribution in [0.5, 0.6) is 0 Å². The minimum Gasteiger partial charge on any atom is -0.477 e. The van der Waals surface area contributed by atoms with Crippen molar-refractivity contribution in [3.8, 4) is 0 Å². The van der Waals surface area contributed by atoms with Gasteiger partial charge in [-0.1, -0.05) is 17.7 Å². The number of aryl methyl sites for hydroxylation is 1. The van der Waals surface area contributed by atoms with Crippen molar-refractivity contribution >= 4 is 21.7 Å². The number of carbonyl (C=O) groups is 1. The molecule has 0 atom stereocenters. The molecule has 0 bridgehead atoms. The molecule has 1 aromatic heterocycles. The van der Waals surface area contributed by atoms with Crippen LogP contribution in [0.15, 0.2) is 41.4 Å². The number of anilines is 1. The SMILES string of the molecule is Cc1ccc(N(C)S(=O)(=O)c2c[nH]c(C(=O)O)c2)cc1. The standard InChI is InChI=1S/C13H14N2O4S/c1-9-3-5-10(6-4-9)15(2)20(18,19)11-7-12(13(16)17)14-8-11/h3-8,14H,1-2H3,(H,16,17). The highest BCUT2D eigenvalue weighted by atomic mass is 32.2. The Hall–Kier alpha value is -2.28. The number of hydrogen-bond donors (Lipinski definition) is 2. The summed E-state index contributed by atoms with van der Waals surface area (Å²) in [7, 11) is -2.35. The van der Waals surface area contributed by atoms with Gasteiger partial charge in [0.25, 0.3) is 10.0 Å². The van der Waals surface area contributed by atoms with E-state index in [1.165, 1.54) is 13.2 Å². The van der Waals surface area contributed by atoms with Crippen molar-refractivity contribution in [2.45, 2.75) is 11.8 Å². The number of benzene rings is 1. The van der Waals surface area contributed by atoms with E-state index in [4.69, 9.17) is 5.11 Å². The van der Waals surface area contributed by atoms with E-state index in [0.29, 0.717) is 5.69 Å². The molecule has 106 valence electrons. The lowest BCUT2D eigenvalue weighted by Gasteiger charge is -2.18. The summed E-state index contributed by atoms with van der Waals surface area (Å²) < 4.78 is 25.8. The smallest absolute Gasteiger partial charge is 0.352 e. The number of aromatic carboxylic acids is 1. The van der Waals surface area contributed by atoms with E-state index in [9.17, 15) is 13.2 Å². The van der Waals surface area contributed by atoms with Crippen LogP contribution in [0.1, 0.15) is 16.1 Å². The maximum absolute atomic E-state index is 12.4. The summed E-state index contributed by atoms with van der Waals surface area (Å²) in [6, 6.07) is 8.10. The van der Waals surface area contributed by atoms with Crippen LogP contribution in [0.25, 0.3) is 0 Å². The van der Waals surface area contributed by atoms with Crippen LogP contribution in [-0.4, -0.2) is 31.5 Å². The molecule has 1 aromatic carbocycles. The van der Waals surface area contributed by atoms with E-state index in [1.54, 1.807) is 24.3 Å². The molecule has 0 saturated heterocycles. The normalized spacial score (nSPS) is 11.3. The zero-order chi connectivity index (χ0) is 14.9. The molecule has 0 unspecified atom stereocenters. The Bertz CT molecular complexity index is 732. The lowest BCUT2D eigenvalue weighted by Crippen LogP contribution is -2.26. The van der Waals surface area contributed by atoms with E-state index >= 15 is 0 Å². The fraction of sp³-hybridized carbons (Fsp3) is 0.154. The number of sulfonamides is 1. The second kappa shape index (κ2) is 5.01. The van der Waals surface area contributed by atoms with Crippen molar-refractivity contribution in [1.82, 2.24) is 4.98 Å². The van der Waals surface area contributed by atoms with Crippen molar-refractivity contribution in [3.05, 3.63) is 47.8 Å². The number of rotatable bonds is 4. The molecule has 7 heteroatoms. The van der Waals surface area contributed by atoms with E-state index < -0.39 is 16.0 Å². The van der Waals surface area contributed by atoms with Crippen molar-refractivity contribution in [2.24, 2.45) is 0 Å². The molecule has 0 aliphatic heterocycles. The molecule has 0 fully saturated rings. The van der Waals surface area contributed by atoms with Crippen molar-refractivity contribution in [2.75, 3.05) is 11.4 Å². The van der Waals surface area contributed by atoms with Gasteiger partial charge in [0, 0.05) is 13.2 Å². The lowest BCUT2D eigenvalue weighted by atomic mass is 10.2. The topological polar surface area (TPSA) is 90.5 Å². The van der Waals surface area contributed by atoms with E-state index in [1.807, 2.05) is 6.92 Å². The minimum absolute atomic E-state index is 0.0852. The maximum atomic E-state index is 12.4. The first kappa shape index (κ1) is 14.1. The summed E-state index contributed by atoms with van der Waals surface area (Å²) in [6.07, 6.45) is 1.17. The van der Waals surface area contributed by atoms with Crippen molar-refractivity contribution in [3.63, 3.8) is 0 Å². The highest BCUT2D eigenvalue weighted by Gasteiger charge is 2.23. The molecule has 2 rings (SSSR count). The molecule has 2 N–H and O–H groups in total. The Morgan fingerprint density at radius 2 is 1.85 bits per heavy atom. The van der Waals surface area contributed by atoms with Crippen LogP contribution in [-0.2, 0) is 10.0 Å². The summed E-state index contributed by atoms with van der Waals surface area (Å²) in [4.78, 5) is 13.1. The number of aromatic nitrogens is 1. The Balaban J connectivity index is 2.38. The third kappa shape index (κ3) is 2.53. The fourth-order valence-electron chi connectivity index (χ4n) is 1.70. The first-order valence-electron chi connectivity index (χ1n) is 5.79. The Labute approximate surface area is 116 Å². The molecular weight excluding hydrogens is 280 g/mol. The van der Waals surface area contributed by atoms with Crippen LogP contribution in [0.3, 0.4) is 0 Å². The number of aromatic amines is 1. The molecule has 6 nitrogen and oxygen atoms in total. The first-order valence-corrected chi connectivity index (χ1v) is 7.23.